The molecule has 1 heterocycles. The van der Waals surface area contributed by atoms with Crippen LogP contribution in [0.3, 0.4) is 0 Å². The number of fused-ring (bicyclic) bond motifs is 1. The molecular weight excluding hydrogens is 192 g/mol. The van der Waals surface area contributed by atoms with Crippen LogP contribution in [-0.4, -0.2) is 5.11 Å². The fourth-order valence-electron chi connectivity index (χ4n) is 2.04. The highest BCUT2D eigenvalue weighted by molar-refractivity contribution is 7.17. The molecule has 1 nitrogen and oxygen atoms in total. The molecule has 0 unspecified atom stereocenters. The maximum absolute atomic E-state index is 9.40. The van der Waals surface area contributed by atoms with Crippen molar-refractivity contribution in [1.29, 1.82) is 0 Å². The van der Waals surface area contributed by atoms with Gasteiger partial charge < -0.3 is 5.11 Å². The normalized spacial score (nSPS) is 11.1. The summed E-state index contributed by atoms with van der Waals surface area (Å²) in [7, 11) is 0. The van der Waals surface area contributed by atoms with Gasteiger partial charge in [-0.15, -0.1) is 11.3 Å². The average molecular weight is 206 g/mol. The van der Waals surface area contributed by atoms with Crippen LogP contribution in [-0.2, 0) is 13.0 Å². The van der Waals surface area contributed by atoms with Crippen molar-refractivity contribution in [3.05, 3.63) is 34.2 Å². The van der Waals surface area contributed by atoms with Crippen molar-refractivity contribution in [1.82, 2.24) is 0 Å². The number of hydrogen-bond acceptors (Lipinski definition) is 2. The fourth-order valence-corrected chi connectivity index (χ4v) is 2.95. The summed E-state index contributed by atoms with van der Waals surface area (Å²) in [5, 5.41) is 12.7. The van der Waals surface area contributed by atoms with Crippen LogP contribution < -0.4 is 0 Å². The van der Waals surface area contributed by atoms with Gasteiger partial charge in [0.1, 0.15) is 0 Å². The van der Waals surface area contributed by atoms with E-state index in [4.69, 9.17) is 0 Å². The van der Waals surface area contributed by atoms with Gasteiger partial charge in [0.05, 0.1) is 6.61 Å². The maximum Gasteiger partial charge on any atom is 0.0690 e. The Morgan fingerprint density at radius 2 is 2.14 bits per heavy atom. The van der Waals surface area contributed by atoms with Crippen molar-refractivity contribution < 1.29 is 5.11 Å². The number of aryl methyl sites for hydroxylation is 1. The first kappa shape index (κ1) is 9.69. The van der Waals surface area contributed by atoms with Crippen molar-refractivity contribution in [2.75, 3.05) is 0 Å². The Labute approximate surface area is 88.0 Å². The van der Waals surface area contributed by atoms with Gasteiger partial charge in [-0.1, -0.05) is 6.92 Å². The zero-order chi connectivity index (χ0) is 10.1. The second kappa shape index (κ2) is 3.71. The highest BCUT2D eigenvalue weighted by Gasteiger charge is 2.09. The number of rotatable bonds is 2. The molecule has 0 bridgehead atoms. The average Bonchev–Trinajstić information content (AvgIpc) is 2.62. The molecule has 2 rings (SSSR count). The van der Waals surface area contributed by atoms with E-state index in [0.717, 1.165) is 12.0 Å². The van der Waals surface area contributed by atoms with Crippen LogP contribution >= 0.6 is 11.3 Å². The van der Waals surface area contributed by atoms with Crippen molar-refractivity contribution in [3.63, 3.8) is 0 Å². The molecule has 0 radical (unpaired) electrons. The van der Waals surface area contributed by atoms with Gasteiger partial charge in [0.2, 0.25) is 0 Å². The standard InChI is InChI=1S/C12H14OS/c1-3-9-8(2)6-12-10(4-5-14-12)11(9)7-13/h4-6,13H,3,7H2,1-2H3. The van der Waals surface area contributed by atoms with Crippen LogP contribution in [0.25, 0.3) is 10.1 Å². The highest BCUT2D eigenvalue weighted by atomic mass is 32.1. The molecule has 1 aromatic carbocycles. The summed E-state index contributed by atoms with van der Waals surface area (Å²) in [6.07, 6.45) is 0.994. The Hall–Kier alpha value is -0.860. The number of hydrogen-bond donors (Lipinski definition) is 1. The van der Waals surface area contributed by atoms with Crippen molar-refractivity contribution in [2.24, 2.45) is 0 Å². The molecule has 0 atom stereocenters. The first-order chi connectivity index (χ1) is 6.77. The van der Waals surface area contributed by atoms with E-state index in [1.807, 2.05) is 0 Å². The van der Waals surface area contributed by atoms with Gasteiger partial charge in [0, 0.05) is 4.70 Å². The predicted molar refractivity (Wildman–Crippen MR) is 61.9 cm³/mol. The number of aliphatic hydroxyl groups excluding tert-OH is 1. The fraction of sp³-hybridized carbons (Fsp3) is 0.333. The first-order valence-electron chi connectivity index (χ1n) is 4.87. The van der Waals surface area contributed by atoms with Gasteiger partial charge in [0.25, 0.3) is 0 Å². The lowest BCUT2D eigenvalue weighted by molar-refractivity contribution is 0.282. The lowest BCUT2D eigenvalue weighted by Gasteiger charge is -2.10. The smallest absolute Gasteiger partial charge is 0.0690 e. The molecule has 0 fully saturated rings. The topological polar surface area (TPSA) is 20.2 Å². The molecule has 0 saturated heterocycles. The number of aliphatic hydroxyl groups is 1. The lowest BCUT2D eigenvalue weighted by Crippen LogP contribution is -1.96. The van der Waals surface area contributed by atoms with Crippen LogP contribution in [0.2, 0.25) is 0 Å². The minimum Gasteiger partial charge on any atom is -0.392 e. The Morgan fingerprint density at radius 1 is 1.36 bits per heavy atom. The number of thiophene rings is 1. The molecule has 0 aliphatic carbocycles. The third-order valence-electron chi connectivity index (χ3n) is 2.72. The Balaban J connectivity index is 2.82. The summed E-state index contributed by atoms with van der Waals surface area (Å²) < 4.78 is 1.28. The Bertz CT molecular complexity index is 457. The lowest BCUT2D eigenvalue weighted by atomic mass is 9.97. The van der Waals surface area contributed by atoms with Gasteiger partial charge >= 0.3 is 0 Å². The predicted octanol–water partition coefficient (Wildman–Crippen LogP) is 3.26. The van der Waals surface area contributed by atoms with Gasteiger partial charge in [-0.25, -0.2) is 0 Å². The Kier molecular flexibility index (Phi) is 2.57. The molecule has 0 aliphatic heterocycles. The van der Waals surface area contributed by atoms with E-state index in [2.05, 4.69) is 31.4 Å². The molecule has 0 spiro atoms. The van der Waals surface area contributed by atoms with E-state index in [0.29, 0.717) is 0 Å². The first-order valence-corrected chi connectivity index (χ1v) is 5.75. The van der Waals surface area contributed by atoms with E-state index < -0.39 is 0 Å². The van der Waals surface area contributed by atoms with E-state index in [1.165, 1.54) is 21.2 Å². The number of benzene rings is 1. The second-order valence-electron chi connectivity index (χ2n) is 3.49. The quantitative estimate of drug-likeness (QED) is 0.799. The van der Waals surface area contributed by atoms with Crippen LogP contribution in [0.5, 0.6) is 0 Å². The summed E-state index contributed by atoms with van der Waals surface area (Å²) in [5.41, 5.74) is 3.72. The molecule has 14 heavy (non-hydrogen) atoms. The Morgan fingerprint density at radius 3 is 2.79 bits per heavy atom. The van der Waals surface area contributed by atoms with Gasteiger partial charge in [-0.3, -0.25) is 0 Å². The van der Waals surface area contributed by atoms with Crippen LogP contribution in [0.4, 0.5) is 0 Å². The minimum absolute atomic E-state index is 0.151. The highest BCUT2D eigenvalue weighted by Crippen LogP contribution is 2.29. The summed E-state index contributed by atoms with van der Waals surface area (Å²) in [6.45, 7) is 4.41. The molecule has 0 aliphatic rings. The summed E-state index contributed by atoms with van der Waals surface area (Å²) in [6, 6.07) is 4.32. The zero-order valence-corrected chi connectivity index (χ0v) is 9.32. The van der Waals surface area contributed by atoms with Crippen LogP contribution in [0.15, 0.2) is 17.5 Å². The SMILES string of the molecule is CCc1c(C)cc2sccc2c1CO. The molecule has 0 saturated carbocycles. The van der Waals surface area contributed by atoms with Crippen molar-refractivity contribution in [2.45, 2.75) is 26.9 Å². The third-order valence-corrected chi connectivity index (χ3v) is 3.58. The van der Waals surface area contributed by atoms with Crippen LogP contribution in [0, 0.1) is 6.92 Å². The monoisotopic (exact) mass is 206 g/mol. The van der Waals surface area contributed by atoms with Gasteiger partial charge in [-0.2, -0.15) is 0 Å². The molecule has 2 heteroatoms. The third kappa shape index (κ3) is 1.35. The molecule has 1 aromatic heterocycles. The van der Waals surface area contributed by atoms with E-state index in [-0.39, 0.29) is 6.61 Å². The second-order valence-corrected chi connectivity index (χ2v) is 4.44. The molecule has 1 N–H and O–H groups in total. The van der Waals surface area contributed by atoms with Gasteiger partial charge in [-0.05, 0) is 52.9 Å². The maximum atomic E-state index is 9.40. The summed E-state index contributed by atoms with van der Waals surface area (Å²) in [5.74, 6) is 0. The van der Waals surface area contributed by atoms with Crippen molar-refractivity contribution in [3.8, 4) is 0 Å². The molecule has 0 amide bonds. The van der Waals surface area contributed by atoms with Crippen LogP contribution in [0.1, 0.15) is 23.6 Å². The molecule has 2 aromatic rings. The van der Waals surface area contributed by atoms with E-state index in [1.54, 1.807) is 11.3 Å². The summed E-state index contributed by atoms with van der Waals surface area (Å²) >= 11 is 1.74. The van der Waals surface area contributed by atoms with Gasteiger partial charge in [0.15, 0.2) is 0 Å². The molecule has 74 valence electrons. The minimum atomic E-state index is 0.151. The zero-order valence-electron chi connectivity index (χ0n) is 8.50. The largest absolute Gasteiger partial charge is 0.392 e. The van der Waals surface area contributed by atoms with E-state index in [9.17, 15) is 5.11 Å². The molecular formula is C12H14OS. The van der Waals surface area contributed by atoms with Crippen molar-refractivity contribution >= 4 is 21.4 Å². The van der Waals surface area contributed by atoms with E-state index >= 15 is 0 Å². The summed E-state index contributed by atoms with van der Waals surface area (Å²) in [4.78, 5) is 0.